The number of nitrogens with zero attached hydrogens (tertiary/aromatic N) is 3. The largest absolute Gasteiger partial charge is 0.486 e. The standard InChI is InChI=1S/C22H22N4O4.ClH/c23-14-16-3-1-15(2-4-16)5-8-25-9-6-22(7-10-25)13-20(27)17-11-19(26(28)29)18(24)12-21(17)30-22;/h1-4,11-12H,5-10,13,24H2;1H. The summed E-state index contributed by atoms with van der Waals surface area (Å²) in [7, 11) is 0. The van der Waals surface area contributed by atoms with Crippen molar-refractivity contribution in [2.24, 2.45) is 0 Å². The number of carbonyl (C=O) groups is 1. The molecule has 4 rings (SSSR count). The summed E-state index contributed by atoms with van der Waals surface area (Å²) < 4.78 is 6.20. The van der Waals surface area contributed by atoms with E-state index in [-0.39, 0.29) is 41.5 Å². The monoisotopic (exact) mass is 442 g/mol. The number of carbonyl (C=O) groups excluding carboxylic acids is 1. The van der Waals surface area contributed by atoms with Crippen LogP contribution in [0.1, 0.15) is 40.7 Å². The molecule has 0 radical (unpaired) electrons. The highest BCUT2D eigenvalue weighted by Gasteiger charge is 2.43. The zero-order valence-electron chi connectivity index (χ0n) is 16.9. The summed E-state index contributed by atoms with van der Waals surface area (Å²) in [5, 5.41) is 20.0. The smallest absolute Gasteiger partial charge is 0.293 e. The summed E-state index contributed by atoms with van der Waals surface area (Å²) in [6.45, 7) is 2.51. The van der Waals surface area contributed by atoms with E-state index < -0.39 is 10.5 Å². The molecule has 0 amide bonds. The van der Waals surface area contributed by atoms with Gasteiger partial charge in [-0.25, -0.2) is 0 Å². The lowest BCUT2D eigenvalue weighted by atomic mass is 9.82. The van der Waals surface area contributed by atoms with Gasteiger partial charge in [-0.3, -0.25) is 14.9 Å². The van der Waals surface area contributed by atoms with Crippen LogP contribution in [0.15, 0.2) is 36.4 Å². The highest BCUT2D eigenvalue weighted by molar-refractivity contribution is 6.01. The highest BCUT2D eigenvalue weighted by atomic mass is 35.5. The summed E-state index contributed by atoms with van der Waals surface area (Å²) in [4.78, 5) is 25.6. The number of Topliss-reactive ketones (excluding diaryl/α,β-unsaturated/α-hetero) is 1. The second-order valence-corrected chi connectivity index (χ2v) is 7.95. The minimum Gasteiger partial charge on any atom is -0.486 e. The van der Waals surface area contributed by atoms with Crippen LogP contribution < -0.4 is 10.5 Å². The number of hydrogen-bond acceptors (Lipinski definition) is 7. The Morgan fingerprint density at radius 1 is 1.23 bits per heavy atom. The number of fused-ring (bicyclic) bond motifs is 1. The number of anilines is 1. The maximum atomic E-state index is 12.7. The first-order valence-electron chi connectivity index (χ1n) is 9.91. The molecule has 2 aromatic carbocycles. The second-order valence-electron chi connectivity index (χ2n) is 7.95. The van der Waals surface area contributed by atoms with Crippen molar-refractivity contribution >= 4 is 29.6 Å². The van der Waals surface area contributed by atoms with Gasteiger partial charge in [0.05, 0.1) is 28.5 Å². The molecule has 31 heavy (non-hydrogen) atoms. The molecule has 1 spiro atoms. The van der Waals surface area contributed by atoms with Gasteiger partial charge in [-0.1, -0.05) is 12.1 Å². The molecule has 162 valence electrons. The number of ether oxygens (including phenoxy) is 1. The third kappa shape index (κ3) is 4.63. The number of nitro groups is 1. The van der Waals surface area contributed by atoms with Gasteiger partial charge in [-0.15, -0.1) is 12.4 Å². The Morgan fingerprint density at radius 3 is 2.52 bits per heavy atom. The van der Waals surface area contributed by atoms with Crippen molar-refractivity contribution in [3.8, 4) is 11.8 Å². The van der Waals surface area contributed by atoms with Crippen molar-refractivity contribution < 1.29 is 14.5 Å². The number of rotatable bonds is 4. The fourth-order valence-corrected chi connectivity index (χ4v) is 4.20. The number of piperidine rings is 1. The highest BCUT2D eigenvalue weighted by Crippen LogP contribution is 2.42. The van der Waals surface area contributed by atoms with Crippen molar-refractivity contribution in [2.45, 2.75) is 31.3 Å². The van der Waals surface area contributed by atoms with Crippen molar-refractivity contribution in [1.82, 2.24) is 4.90 Å². The molecule has 1 saturated heterocycles. The molecule has 0 aliphatic carbocycles. The maximum Gasteiger partial charge on any atom is 0.293 e. The van der Waals surface area contributed by atoms with Crippen LogP contribution in [0.4, 0.5) is 11.4 Å². The number of nitriles is 1. The molecule has 2 aliphatic heterocycles. The molecule has 2 aliphatic rings. The number of nitrogens with two attached hydrogens (primary N) is 1. The fourth-order valence-electron chi connectivity index (χ4n) is 4.20. The van der Waals surface area contributed by atoms with Gasteiger partial charge in [0.2, 0.25) is 0 Å². The van der Waals surface area contributed by atoms with Crippen LogP contribution in [0.3, 0.4) is 0 Å². The average molecular weight is 443 g/mol. The van der Waals surface area contributed by atoms with Gasteiger partial charge in [-0.05, 0) is 24.1 Å². The van der Waals surface area contributed by atoms with Crippen molar-refractivity contribution in [1.29, 1.82) is 5.26 Å². The van der Waals surface area contributed by atoms with Crippen molar-refractivity contribution in [2.75, 3.05) is 25.4 Å². The van der Waals surface area contributed by atoms with Crippen LogP contribution in [-0.4, -0.2) is 40.8 Å². The number of ketones is 1. The predicted octanol–water partition coefficient (Wildman–Crippen LogP) is 3.51. The van der Waals surface area contributed by atoms with Gasteiger partial charge in [0.15, 0.2) is 5.78 Å². The summed E-state index contributed by atoms with van der Waals surface area (Å²) in [5.74, 6) is 0.214. The van der Waals surface area contributed by atoms with Gasteiger partial charge < -0.3 is 15.4 Å². The van der Waals surface area contributed by atoms with Gasteiger partial charge in [-0.2, -0.15) is 5.26 Å². The van der Waals surface area contributed by atoms with Gasteiger partial charge in [0.25, 0.3) is 5.69 Å². The first-order chi connectivity index (χ1) is 14.4. The van der Waals surface area contributed by atoms with Crippen LogP contribution in [0.5, 0.6) is 5.75 Å². The molecule has 9 heteroatoms. The minimum absolute atomic E-state index is 0. The van der Waals surface area contributed by atoms with Gasteiger partial charge in [0.1, 0.15) is 17.0 Å². The molecular formula is C22H23ClN4O4. The lowest BCUT2D eigenvalue weighted by molar-refractivity contribution is -0.384. The second kappa shape index (κ2) is 8.92. The molecule has 2 N–H and O–H groups in total. The Kier molecular flexibility index (Phi) is 6.48. The fraction of sp³-hybridized carbons (Fsp3) is 0.364. The Hall–Kier alpha value is -3.15. The van der Waals surface area contributed by atoms with E-state index in [1.165, 1.54) is 17.7 Å². The normalized spacial score (nSPS) is 17.2. The minimum atomic E-state index is -0.584. The number of benzene rings is 2. The van der Waals surface area contributed by atoms with Crippen LogP contribution in [-0.2, 0) is 6.42 Å². The zero-order chi connectivity index (χ0) is 21.3. The number of nitro benzene ring substituents is 1. The van der Waals surface area contributed by atoms with Crippen LogP contribution in [0, 0.1) is 21.4 Å². The van der Waals surface area contributed by atoms with Crippen LogP contribution in [0.2, 0.25) is 0 Å². The quantitative estimate of drug-likeness (QED) is 0.436. The van der Waals surface area contributed by atoms with Gasteiger partial charge >= 0.3 is 0 Å². The summed E-state index contributed by atoms with van der Waals surface area (Å²) in [6, 6.07) is 12.4. The topological polar surface area (TPSA) is 122 Å². The van der Waals surface area contributed by atoms with E-state index in [0.717, 1.165) is 26.1 Å². The molecule has 8 nitrogen and oxygen atoms in total. The molecule has 0 aromatic heterocycles. The van der Waals surface area contributed by atoms with E-state index in [1.54, 1.807) is 0 Å². The molecule has 0 unspecified atom stereocenters. The predicted molar refractivity (Wildman–Crippen MR) is 118 cm³/mol. The third-order valence-electron chi connectivity index (χ3n) is 6.00. The van der Waals surface area contributed by atoms with Crippen molar-refractivity contribution in [3.05, 3.63) is 63.2 Å². The molecule has 1 fully saturated rings. The Balaban J connectivity index is 0.00000272. The number of likely N-dealkylation sites (tertiary alicyclic amines) is 1. The van der Waals surface area contributed by atoms with E-state index in [4.69, 9.17) is 15.7 Å². The zero-order valence-corrected chi connectivity index (χ0v) is 17.7. The summed E-state index contributed by atoms with van der Waals surface area (Å²) in [6.07, 6.45) is 2.54. The maximum absolute atomic E-state index is 12.7. The van der Waals surface area contributed by atoms with E-state index in [1.807, 2.05) is 24.3 Å². The molecule has 0 atom stereocenters. The lowest BCUT2D eigenvalue weighted by Gasteiger charge is -2.44. The summed E-state index contributed by atoms with van der Waals surface area (Å²) >= 11 is 0. The first kappa shape index (κ1) is 22.5. The Labute approximate surface area is 186 Å². The van der Waals surface area contributed by atoms with E-state index in [0.29, 0.717) is 24.2 Å². The first-order valence-corrected chi connectivity index (χ1v) is 9.91. The molecule has 2 aromatic rings. The van der Waals surface area contributed by atoms with Crippen LogP contribution >= 0.6 is 12.4 Å². The molecular weight excluding hydrogens is 420 g/mol. The number of halogens is 1. The lowest BCUT2D eigenvalue weighted by Crippen LogP contribution is -2.51. The van der Waals surface area contributed by atoms with E-state index >= 15 is 0 Å². The molecule has 0 saturated carbocycles. The number of hydrogen-bond donors (Lipinski definition) is 1. The molecule has 2 heterocycles. The van der Waals surface area contributed by atoms with E-state index in [9.17, 15) is 14.9 Å². The summed E-state index contributed by atoms with van der Waals surface area (Å²) in [5.41, 5.74) is 7.03. The Morgan fingerprint density at radius 2 is 1.90 bits per heavy atom. The Bertz CT molecular complexity index is 1040. The third-order valence-corrected chi connectivity index (χ3v) is 6.00. The molecule has 0 bridgehead atoms. The SMILES string of the molecule is Cl.N#Cc1ccc(CCN2CCC3(CC2)CC(=O)c2cc([N+](=O)[O-])c(N)cc2O3)cc1. The van der Waals surface area contributed by atoms with Gasteiger partial charge in [0, 0.05) is 44.6 Å². The number of nitrogen functional groups attached to an aromatic ring is 1. The average Bonchev–Trinajstić information content (AvgIpc) is 2.73. The van der Waals surface area contributed by atoms with Crippen molar-refractivity contribution in [3.63, 3.8) is 0 Å². The van der Waals surface area contributed by atoms with Crippen LogP contribution in [0.25, 0.3) is 0 Å². The van der Waals surface area contributed by atoms with E-state index in [2.05, 4.69) is 11.0 Å².